The van der Waals surface area contributed by atoms with Crippen LogP contribution in [-0.2, 0) is 0 Å². The van der Waals surface area contributed by atoms with E-state index in [1.54, 1.807) is 0 Å². The lowest BCUT2D eigenvalue weighted by Crippen LogP contribution is -2.28. The van der Waals surface area contributed by atoms with Crippen molar-refractivity contribution in [2.75, 3.05) is 0 Å². The quantitative estimate of drug-likeness (QED) is 0.815. The molecule has 0 saturated heterocycles. The number of aliphatic imine (C=N–C) groups is 1. The molecule has 1 aliphatic heterocycles. The average Bonchev–Trinajstić information content (AvgIpc) is 2.97. The van der Waals surface area contributed by atoms with Crippen LogP contribution in [0.5, 0.6) is 0 Å². The van der Waals surface area contributed by atoms with Gasteiger partial charge in [0, 0.05) is 21.7 Å². The Morgan fingerprint density at radius 2 is 2.04 bits per heavy atom. The van der Waals surface area contributed by atoms with E-state index in [0.717, 1.165) is 22.0 Å². The van der Waals surface area contributed by atoms with Gasteiger partial charge in [0.15, 0.2) is 5.29 Å². The van der Waals surface area contributed by atoms with Gasteiger partial charge in [0.1, 0.15) is 10.9 Å². The number of nitrogens with one attached hydrogen (secondary N) is 1. The summed E-state index contributed by atoms with van der Waals surface area (Å²) >= 11 is 13.3. The van der Waals surface area contributed by atoms with E-state index in [4.69, 9.17) is 23.2 Å². The van der Waals surface area contributed by atoms with Crippen LogP contribution in [0.2, 0.25) is 5.02 Å². The summed E-state index contributed by atoms with van der Waals surface area (Å²) in [5.41, 5.74) is 2.51. The smallest absolute Gasteiger partial charge is 0.196 e. The lowest BCUT2D eigenvalue weighted by molar-refractivity contribution is 0.812. The number of hydrogen-bond acceptors (Lipinski definition) is 5. The summed E-state index contributed by atoms with van der Waals surface area (Å²) in [7, 11) is 0. The summed E-state index contributed by atoms with van der Waals surface area (Å²) in [6.45, 7) is 1.92. The number of hydrogen-bond donors (Lipinski definition) is 1. The Balaban J connectivity index is 1.89. The van der Waals surface area contributed by atoms with Gasteiger partial charge in [-0.15, -0.1) is 11.3 Å². The zero-order valence-electron chi connectivity index (χ0n) is 12.1. The Hall–Kier alpha value is -1.87. The lowest BCUT2D eigenvalue weighted by Gasteiger charge is -2.19. The molecule has 1 aromatic carbocycles. The molecule has 1 N–H and O–H groups in total. The Morgan fingerprint density at radius 1 is 1.30 bits per heavy atom. The van der Waals surface area contributed by atoms with Crippen molar-refractivity contribution >= 4 is 39.8 Å². The summed E-state index contributed by atoms with van der Waals surface area (Å²) < 4.78 is 0. The Morgan fingerprint density at radius 3 is 2.70 bits per heavy atom. The van der Waals surface area contributed by atoms with Gasteiger partial charge >= 0.3 is 0 Å². The predicted molar refractivity (Wildman–Crippen MR) is 94.9 cm³/mol. The van der Waals surface area contributed by atoms with Gasteiger partial charge in [0.2, 0.25) is 0 Å². The molecule has 116 valence electrons. The molecule has 3 rings (SSSR count). The first-order chi connectivity index (χ1) is 11.1. The number of nitrogens with zero attached hydrogens (tertiary/aromatic N) is 3. The lowest BCUT2D eigenvalue weighted by atomic mass is 10.1. The first-order valence-corrected chi connectivity index (χ1v) is 8.53. The van der Waals surface area contributed by atoms with Crippen molar-refractivity contribution in [3.05, 3.63) is 51.4 Å². The number of nitriles is 1. The van der Waals surface area contributed by atoms with Gasteiger partial charge in [-0.25, -0.2) is 4.98 Å². The van der Waals surface area contributed by atoms with Crippen molar-refractivity contribution in [3.63, 3.8) is 0 Å². The minimum atomic E-state index is -0.493. The van der Waals surface area contributed by atoms with Gasteiger partial charge in [0.05, 0.1) is 17.8 Å². The summed E-state index contributed by atoms with van der Waals surface area (Å²) in [5.74, 6) is -0.493. The zero-order chi connectivity index (χ0) is 16.4. The number of halogens is 2. The highest BCUT2D eigenvalue weighted by Gasteiger charge is 2.24. The second kappa shape index (κ2) is 6.71. The van der Waals surface area contributed by atoms with Gasteiger partial charge < -0.3 is 5.32 Å². The molecule has 0 fully saturated rings. The summed E-state index contributed by atoms with van der Waals surface area (Å²) in [6, 6.07) is 9.68. The molecule has 0 aliphatic carbocycles. The van der Waals surface area contributed by atoms with Gasteiger partial charge in [-0.05, 0) is 36.7 Å². The van der Waals surface area contributed by atoms with Gasteiger partial charge in [-0.2, -0.15) is 5.26 Å². The molecule has 2 atom stereocenters. The molecule has 1 aliphatic rings. The average molecular weight is 363 g/mol. The number of benzene rings is 1. The molecule has 2 aromatic rings. The normalized spacial score (nSPS) is 18.4. The van der Waals surface area contributed by atoms with Crippen LogP contribution in [0, 0.1) is 11.3 Å². The standard InChI is InChI=1S/C16H12Cl2N4S/c1-9-6-13(22-16(18)20-9)12(7-19)15-21-14(8-23-15)10-2-4-11(17)5-3-10/h2-6,8-9,12H,1H3,(H,20,22). The van der Waals surface area contributed by atoms with Crippen molar-refractivity contribution < 1.29 is 0 Å². The molecule has 0 amide bonds. The molecular weight excluding hydrogens is 351 g/mol. The topological polar surface area (TPSA) is 61.1 Å². The first kappa shape index (κ1) is 16.0. The maximum Gasteiger partial charge on any atom is 0.196 e. The maximum absolute atomic E-state index is 9.56. The second-order valence-corrected chi connectivity index (χ2v) is 6.73. The van der Waals surface area contributed by atoms with E-state index in [1.165, 1.54) is 11.3 Å². The van der Waals surface area contributed by atoms with Crippen molar-refractivity contribution in [1.82, 2.24) is 10.3 Å². The fraction of sp³-hybridized carbons (Fsp3) is 0.188. The summed E-state index contributed by atoms with van der Waals surface area (Å²) in [4.78, 5) is 8.76. The highest BCUT2D eigenvalue weighted by molar-refractivity contribution is 7.10. The molecule has 0 bridgehead atoms. The molecule has 23 heavy (non-hydrogen) atoms. The Kier molecular flexibility index (Phi) is 4.67. The van der Waals surface area contributed by atoms with Crippen molar-refractivity contribution in [3.8, 4) is 17.3 Å². The number of aromatic nitrogens is 1. The molecule has 0 spiro atoms. The summed E-state index contributed by atoms with van der Waals surface area (Å²) in [5, 5.41) is 16.1. The van der Waals surface area contributed by atoms with Crippen molar-refractivity contribution in [2.24, 2.45) is 4.99 Å². The highest BCUT2D eigenvalue weighted by atomic mass is 35.5. The van der Waals surface area contributed by atoms with Crippen LogP contribution >= 0.6 is 34.5 Å². The van der Waals surface area contributed by atoms with Crippen molar-refractivity contribution in [1.29, 1.82) is 5.26 Å². The minimum Gasteiger partial charge on any atom is -0.333 e. The molecule has 0 radical (unpaired) electrons. The first-order valence-electron chi connectivity index (χ1n) is 6.90. The molecule has 7 heteroatoms. The highest BCUT2D eigenvalue weighted by Crippen LogP contribution is 2.31. The second-order valence-electron chi connectivity index (χ2n) is 5.05. The van der Waals surface area contributed by atoms with Crippen LogP contribution in [0.25, 0.3) is 11.3 Å². The molecule has 1 aromatic heterocycles. The van der Waals surface area contributed by atoms with Crippen LogP contribution in [0.4, 0.5) is 0 Å². The zero-order valence-corrected chi connectivity index (χ0v) is 14.5. The Bertz CT molecular complexity index is 817. The fourth-order valence-corrected chi connectivity index (χ4v) is 3.55. The minimum absolute atomic E-state index is 0.0645. The third kappa shape index (κ3) is 3.56. The van der Waals surface area contributed by atoms with E-state index < -0.39 is 5.92 Å². The van der Waals surface area contributed by atoms with E-state index in [-0.39, 0.29) is 6.04 Å². The number of rotatable bonds is 3. The molecule has 0 saturated carbocycles. The molecule has 2 heterocycles. The van der Waals surface area contributed by atoms with Crippen LogP contribution in [0.1, 0.15) is 17.8 Å². The number of amidine groups is 1. The van der Waals surface area contributed by atoms with E-state index in [9.17, 15) is 5.26 Å². The van der Waals surface area contributed by atoms with E-state index in [1.807, 2.05) is 42.6 Å². The van der Waals surface area contributed by atoms with Crippen LogP contribution in [0.3, 0.4) is 0 Å². The molecular formula is C16H12Cl2N4S. The van der Waals surface area contributed by atoms with Crippen LogP contribution in [-0.4, -0.2) is 16.3 Å². The fourth-order valence-electron chi connectivity index (χ4n) is 2.27. The largest absolute Gasteiger partial charge is 0.333 e. The predicted octanol–water partition coefficient (Wildman–Crippen LogP) is 4.54. The van der Waals surface area contributed by atoms with Gasteiger partial charge in [-0.1, -0.05) is 23.7 Å². The van der Waals surface area contributed by atoms with Gasteiger partial charge in [-0.3, -0.25) is 4.99 Å². The third-order valence-corrected chi connectivity index (χ3v) is 4.69. The molecule has 2 unspecified atom stereocenters. The monoisotopic (exact) mass is 362 g/mol. The van der Waals surface area contributed by atoms with Crippen LogP contribution < -0.4 is 5.32 Å². The third-order valence-electron chi connectivity index (χ3n) is 3.33. The van der Waals surface area contributed by atoms with Crippen LogP contribution in [0.15, 0.2) is 46.4 Å². The maximum atomic E-state index is 9.56. The SMILES string of the molecule is CC1C=C(C(C#N)c2nc(-c3ccc(Cl)cc3)cs2)NC(Cl)=N1. The van der Waals surface area contributed by atoms with E-state index in [0.29, 0.717) is 10.3 Å². The van der Waals surface area contributed by atoms with Crippen molar-refractivity contribution in [2.45, 2.75) is 18.9 Å². The van der Waals surface area contributed by atoms with E-state index >= 15 is 0 Å². The Labute approximate surface area is 148 Å². The summed E-state index contributed by atoms with van der Waals surface area (Å²) in [6.07, 6.45) is 1.89. The van der Waals surface area contributed by atoms with Gasteiger partial charge in [0.25, 0.3) is 0 Å². The number of allylic oxidation sites excluding steroid dienone is 1. The molecule has 4 nitrogen and oxygen atoms in total. The number of thiazole rings is 1. The van der Waals surface area contributed by atoms with E-state index in [2.05, 4.69) is 21.4 Å².